The molecule has 2 amide bonds. The largest absolute Gasteiger partial charge is 0.469 e. The Morgan fingerprint density at radius 3 is 2.50 bits per heavy atom. The minimum Gasteiger partial charge on any atom is -0.469 e. The first-order chi connectivity index (χ1) is 15.4. The molecule has 3 rings (SSSR count). The molecule has 2 N–H and O–H groups in total. The first kappa shape index (κ1) is 23.0. The number of hydrogen-bond acceptors (Lipinski definition) is 6. The van der Waals surface area contributed by atoms with Crippen molar-refractivity contribution in [2.45, 2.75) is 32.0 Å². The van der Waals surface area contributed by atoms with Gasteiger partial charge in [0.05, 0.1) is 25.8 Å². The van der Waals surface area contributed by atoms with Crippen molar-refractivity contribution >= 4 is 29.2 Å². The topological polar surface area (TPSA) is 100 Å². The van der Waals surface area contributed by atoms with Gasteiger partial charge in [-0.1, -0.05) is 48.5 Å². The molecule has 0 unspecified atom stereocenters. The molecule has 0 fully saturated rings. The Kier molecular flexibility index (Phi) is 7.59. The van der Waals surface area contributed by atoms with Gasteiger partial charge in [0, 0.05) is 30.3 Å². The van der Waals surface area contributed by atoms with Crippen LogP contribution in [0.4, 0.5) is 5.69 Å². The van der Waals surface area contributed by atoms with Gasteiger partial charge < -0.3 is 20.3 Å². The van der Waals surface area contributed by atoms with E-state index >= 15 is 0 Å². The minimum absolute atomic E-state index is 0.0346. The number of methoxy groups -OCH3 is 1. The van der Waals surface area contributed by atoms with Gasteiger partial charge >= 0.3 is 5.97 Å². The summed E-state index contributed by atoms with van der Waals surface area (Å²) in [5.74, 6) is -1.21. The van der Waals surface area contributed by atoms with Crippen molar-refractivity contribution in [1.82, 2.24) is 10.6 Å². The molecule has 0 aromatic heterocycles. The summed E-state index contributed by atoms with van der Waals surface area (Å²) in [5, 5.41) is 5.55. The van der Waals surface area contributed by atoms with Crippen LogP contribution in [0.15, 0.2) is 59.6 Å². The number of benzodiazepines with no additional fused rings is 1. The van der Waals surface area contributed by atoms with Gasteiger partial charge in [-0.3, -0.25) is 19.4 Å². The van der Waals surface area contributed by atoms with E-state index in [-0.39, 0.29) is 18.7 Å². The molecule has 0 spiro atoms. The molecule has 32 heavy (non-hydrogen) atoms. The smallest absolute Gasteiger partial charge is 0.306 e. The fourth-order valence-corrected chi connectivity index (χ4v) is 3.52. The van der Waals surface area contributed by atoms with E-state index in [9.17, 15) is 14.4 Å². The van der Waals surface area contributed by atoms with Gasteiger partial charge in [0.25, 0.3) is 0 Å². The van der Waals surface area contributed by atoms with Crippen LogP contribution in [0.2, 0.25) is 0 Å². The molecule has 2 aromatic rings. The maximum Gasteiger partial charge on any atom is 0.306 e. The quantitative estimate of drug-likeness (QED) is 0.646. The van der Waals surface area contributed by atoms with Crippen molar-refractivity contribution in [2.75, 3.05) is 25.6 Å². The zero-order valence-corrected chi connectivity index (χ0v) is 18.5. The Bertz CT molecular complexity index is 1010. The molecule has 8 heteroatoms. The predicted molar refractivity (Wildman–Crippen MR) is 123 cm³/mol. The SMILES string of the molecule is COC(=O)CCC(=O)N[C@@H](C)C(=O)N[C@@H]1CN(C)c2ccccc2C(c2ccccc2)=N1. The molecule has 0 saturated carbocycles. The number of aliphatic imine (C=N–C) groups is 1. The number of carbonyl (C=O) groups is 3. The standard InChI is InChI=1S/C24H28N4O4/c1-16(25-21(29)13-14-22(30)32-3)24(31)27-20-15-28(2)19-12-8-7-11-18(19)23(26-20)17-9-5-4-6-10-17/h4-12,16,20H,13-15H2,1-3H3,(H,25,29)(H,27,31)/t16-,20+/m0/s1. The van der Waals surface area contributed by atoms with E-state index in [1.54, 1.807) is 6.92 Å². The van der Waals surface area contributed by atoms with Crippen LogP contribution in [-0.2, 0) is 19.1 Å². The molecule has 1 aliphatic heterocycles. The maximum atomic E-state index is 12.8. The van der Waals surface area contributed by atoms with E-state index < -0.39 is 24.1 Å². The normalized spacial score (nSPS) is 16.2. The lowest BCUT2D eigenvalue weighted by molar-refractivity contribution is -0.142. The summed E-state index contributed by atoms with van der Waals surface area (Å²) >= 11 is 0. The third-order valence-corrected chi connectivity index (χ3v) is 5.21. The minimum atomic E-state index is -0.772. The van der Waals surface area contributed by atoms with Crippen LogP contribution >= 0.6 is 0 Å². The van der Waals surface area contributed by atoms with Crippen LogP contribution in [0.5, 0.6) is 0 Å². The number of amides is 2. The Labute approximate surface area is 187 Å². The third kappa shape index (κ3) is 5.72. The Hall–Kier alpha value is -3.68. The van der Waals surface area contributed by atoms with Gasteiger partial charge in [-0.2, -0.15) is 0 Å². The predicted octanol–water partition coefficient (Wildman–Crippen LogP) is 1.87. The van der Waals surface area contributed by atoms with Crippen molar-refractivity contribution in [3.8, 4) is 0 Å². The molecule has 2 aromatic carbocycles. The van der Waals surface area contributed by atoms with Gasteiger partial charge in [-0.25, -0.2) is 0 Å². The summed E-state index contributed by atoms with van der Waals surface area (Å²) in [4.78, 5) is 42.9. The molecule has 0 radical (unpaired) electrons. The maximum absolute atomic E-state index is 12.8. The molecule has 168 valence electrons. The third-order valence-electron chi connectivity index (χ3n) is 5.21. The molecular weight excluding hydrogens is 408 g/mol. The van der Waals surface area contributed by atoms with Crippen LogP contribution in [0.25, 0.3) is 0 Å². The van der Waals surface area contributed by atoms with Crippen LogP contribution < -0.4 is 15.5 Å². The molecule has 0 aliphatic carbocycles. The van der Waals surface area contributed by atoms with Gasteiger partial charge in [-0.15, -0.1) is 0 Å². The van der Waals surface area contributed by atoms with E-state index in [4.69, 9.17) is 4.99 Å². The summed E-state index contributed by atoms with van der Waals surface area (Å²) in [6, 6.07) is 17.1. The van der Waals surface area contributed by atoms with Crippen molar-refractivity contribution in [3.05, 3.63) is 65.7 Å². The number of para-hydroxylation sites is 1. The Morgan fingerprint density at radius 2 is 1.78 bits per heavy atom. The highest BCUT2D eigenvalue weighted by Gasteiger charge is 2.25. The fraction of sp³-hybridized carbons (Fsp3) is 0.333. The summed E-state index contributed by atoms with van der Waals surface area (Å²) in [6.07, 6.45) is -0.584. The molecule has 1 aliphatic rings. The lowest BCUT2D eigenvalue weighted by Gasteiger charge is -2.24. The number of esters is 1. The van der Waals surface area contributed by atoms with Crippen LogP contribution in [0.1, 0.15) is 30.9 Å². The molecule has 1 heterocycles. The lowest BCUT2D eigenvalue weighted by atomic mass is 10.0. The van der Waals surface area contributed by atoms with Gasteiger partial charge in [0.1, 0.15) is 12.2 Å². The lowest BCUT2D eigenvalue weighted by Crippen LogP contribution is -2.50. The number of nitrogens with one attached hydrogen (secondary N) is 2. The van der Waals surface area contributed by atoms with E-state index in [1.165, 1.54) is 7.11 Å². The van der Waals surface area contributed by atoms with Crippen LogP contribution in [0, 0.1) is 0 Å². The van der Waals surface area contributed by atoms with E-state index in [0.717, 1.165) is 22.5 Å². The van der Waals surface area contributed by atoms with Crippen LogP contribution in [0.3, 0.4) is 0 Å². The first-order valence-electron chi connectivity index (χ1n) is 10.5. The van der Waals surface area contributed by atoms with Gasteiger partial charge in [0.2, 0.25) is 11.8 Å². The van der Waals surface area contributed by atoms with E-state index in [2.05, 4.69) is 20.3 Å². The number of anilines is 1. The molecular formula is C24H28N4O4. The number of carbonyl (C=O) groups excluding carboxylic acids is 3. The second kappa shape index (κ2) is 10.6. The summed E-state index contributed by atoms with van der Waals surface area (Å²) in [5.41, 5.74) is 3.77. The van der Waals surface area contributed by atoms with Crippen molar-refractivity contribution in [2.24, 2.45) is 4.99 Å². The Morgan fingerprint density at radius 1 is 1.09 bits per heavy atom. The monoisotopic (exact) mass is 436 g/mol. The number of fused-ring (bicyclic) bond motifs is 1. The zero-order valence-electron chi connectivity index (χ0n) is 18.5. The number of likely N-dealkylation sites (N-methyl/N-ethyl adjacent to an activating group) is 1. The highest BCUT2D eigenvalue weighted by Crippen LogP contribution is 2.26. The summed E-state index contributed by atoms with van der Waals surface area (Å²) < 4.78 is 4.53. The second-order valence-electron chi connectivity index (χ2n) is 7.63. The van der Waals surface area contributed by atoms with Crippen LogP contribution in [-0.4, -0.2) is 56.4 Å². The number of hydrogen-bond donors (Lipinski definition) is 2. The molecule has 8 nitrogen and oxygen atoms in total. The molecule has 2 atom stereocenters. The second-order valence-corrected chi connectivity index (χ2v) is 7.63. The van der Waals surface area contributed by atoms with Gasteiger partial charge in [0.15, 0.2) is 0 Å². The number of nitrogens with zero attached hydrogens (tertiary/aromatic N) is 2. The number of ether oxygens (including phenoxy) is 1. The molecule has 0 bridgehead atoms. The highest BCUT2D eigenvalue weighted by atomic mass is 16.5. The van der Waals surface area contributed by atoms with Gasteiger partial charge in [-0.05, 0) is 13.0 Å². The fourth-order valence-electron chi connectivity index (χ4n) is 3.52. The van der Waals surface area contributed by atoms with E-state index in [0.29, 0.717) is 6.54 Å². The average molecular weight is 437 g/mol. The highest BCUT2D eigenvalue weighted by molar-refractivity contribution is 6.16. The Balaban J connectivity index is 1.75. The first-order valence-corrected chi connectivity index (χ1v) is 10.5. The zero-order chi connectivity index (χ0) is 23.1. The summed E-state index contributed by atoms with van der Waals surface area (Å²) in [7, 11) is 3.22. The molecule has 0 saturated heterocycles. The number of rotatable bonds is 7. The average Bonchev–Trinajstić information content (AvgIpc) is 2.94. The number of benzene rings is 2. The van der Waals surface area contributed by atoms with E-state index in [1.807, 2.05) is 61.6 Å². The van der Waals surface area contributed by atoms with Crippen molar-refractivity contribution < 1.29 is 19.1 Å². The van der Waals surface area contributed by atoms with Crippen molar-refractivity contribution in [1.29, 1.82) is 0 Å². The van der Waals surface area contributed by atoms with Crippen molar-refractivity contribution in [3.63, 3.8) is 0 Å². The summed E-state index contributed by atoms with van der Waals surface area (Å²) in [6.45, 7) is 2.07.